The van der Waals surface area contributed by atoms with E-state index in [0.717, 1.165) is 13.8 Å². The predicted molar refractivity (Wildman–Crippen MR) is 116 cm³/mol. The zero-order valence-electron chi connectivity index (χ0n) is 15.9. The normalized spacial score (nSPS) is 9.38. The first-order valence-corrected chi connectivity index (χ1v) is 7.48. The van der Waals surface area contributed by atoms with Gasteiger partial charge < -0.3 is 19.7 Å². The number of nitrogens with zero attached hydrogens (tertiary/aromatic N) is 4. The van der Waals surface area contributed by atoms with Crippen molar-refractivity contribution in [1.82, 2.24) is 0 Å². The Balaban J connectivity index is -0.0000000871. The van der Waals surface area contributed by atoms with Crippen LogP contribution in [0.3, 0.4) is 0 Å². The van der Waals surface area contributed by atoms with E-state index >= 15 is 0 Å². The van der Waals surface area contributed by atoms with Gasteiger partial charge in [0.2, 0.25) is 0 Å². The highest BCUT2D eigenvalue weighted by Crippen LogP contribution is 2.10. The second-order valence-corrected chi connectivity index (χ2v) is 5.22. The molecule has 0 saturated carbocycles. The molecule has 0 spiro atoms. The van der Waals surface area contributed by atoms with Crippen molar-refractivity contribution in [2.24, 2.45) is 0 Å². The van der Waals surface area contributed by atoms with Crippen molar-refractivity contribution >= 4 is 0 Å². The van der Waals surface area contributed by atoms with Crippen LogP contribution in [0.4, 0.5) is 0 Å². The molecule has 16 nitrogen and oxygen atoms in total. The third-order valence-corrected chi connectivity index (χ3v) is 2.78. The Kier molecular flexibility index (Phi) is 30.3. The van der Waals surface area contributed by atoms with Gasteiger partial charge in [0, 0.05) is 0 Å². The first kappa shape index (κ1) is 42.9. The maximum Gasteiger partial charge on any atom is 0.478 e. The fraction of sp³-hybridized carbons (Fsp3) is 0.750. The van der Waals surface area contributed by atoms with Crippen LogP contribution in [0.25, 0.3) is 0 Å². The highest BCUT2D eigenvalue weighted by atomic mass is 16.7. The van der Waals surface area contributed by atoms with Crippen LogP contribution >= 0.6 is 0 Å². The highest BCUT2D eigenvalue weighted by molar-refractivity contribution is 4.63. The van der Waals surface area contributed by atoms with Gasteiger partial charge in [-0.05, 0) is 0 Å². The molecule has 0 aromatic carbocycles. The van der Waals surface area contributed by atoms with E-state index in [2.05, 4.69) is 17.9 Å². The van der Waals surface area contributed by atoms with Crippen molar-refractivity contribution in [2.75, 3.05) is 33.2 Å². The van der Waals surface area contributed by atoms with E-state index in [-0.39, 0.29) is 42.3 Å². The molecule has 0 heterocycles. The Morgan fingerprint density at radius 1 is 0.781 bits per heavy atom. The third-order valence-electron chi connectivity index (χ3n) is 2.78. The first-order valence-electron chi connectivity index (χ1n) is 7.48. The summed E-state index contributed by atoms with van der Waals surface area (Å²) < 4.78 is 9.42. The summed E-state index contributed by atoms with van der Waals surface area (Å²) in [4.78, 5) is 36.4. The molecule has 0 aliphatic heterocycles. The Bertz CT molecular complexity index is 543. The maximum absolute atomic E-state index is 10.4. The van der Waals surface area contributed by atoms with Gasteiger partial charge in [0.25, 0.3) is 0 Å². The molecular formula is C16H36N4O12. The topological polar surface area (TPSA) is 231 Å². The minimum absolute atomic E-state index is 0. The van der Waals surface area contributed by atoms with Crippen molar-refractivity contribution in [3.05, 3.63) is 65.8 Å². The highest BCUT2D eigenvalue weighted by Gasteiger charge is 2.51. The predicted octanol–water partition coefficient (Wildman–Crippen LogP) is 1.75. The number of hydrogen-bond donors (Lipinski definition) is 2. The molecule has 0 fully saturated rings. The summed E-state index contributed by atoms with van der Waals surface area (Å²) >= 11 is 0. The third kappa shape index (κ3) is 16.7. The molecule has 0 saturated heterocycles. The molecule has 2 N–H and O–H groups in total. The molecule has 0 aliphatic carbocycles. The number of aliphatic hydroxyl groups excluding tert-OH is 2. The van der Waals surface area contributed by atoms with Crippen molar-refractivity contribution in [2.45, 2.75) is 47.5 Å². The van der Waals surface area contributed by atoms with Gasteiger partial charge in [-0.15, -0.1) is 13.2 Å². The van der Waals surface area contributed by atoms with Gasteiger partial charge in [-0.3, -0.25) is 40.5 Å². The van der Waals surface area contributed by atoms with E-state index in [0.29, 0.717) is 0 Å². The average molecular weight is 476 g/mol. The number of ether oxygens (including phenoxy) is 2. The lowest BCUT2D eigenvalue weighted by Crippen LogP contribution is -2.47. The second kappa shape index (κ2) is 22.6. The monoisotopic (exact) mass is 476 g/mol. The first-order chi connectivity index (χ1) is 13.3. The van der Waals surface area contributed by atoms with E-state index in [9.17, 15) is 40.5 Å². The fourth-order valence-electron chi connectivity index (χ4n) is 0.780. The van der Waals surface area contributed by atoms with Gasteiger partial charge in [-0.2, -0.15) is 0 Å². The lowest BCUT2D eigenvalue weighted by Gasteiger charge is -2.12. The van der Waals surface area contributed by atoms with Crippen LogP contribution in [0.5, 0.6) is 0 Å². The smallest absolute Gasteiger partial charge is 0.392 e. The van der Waals surface area contributed by atoms with Gasteiger partial charge in [-0.25, -0.2) is 0 Å². The molecule has 32 heavy (non-hydrogen) atoms. The molecular weight excluding hydrogens is 440 g/mol. The standard InChI is InChI=1S/C7H12N2O6.C3H6N2O5.C3H6O.3CH4/c1-3-4-14-6-15-5-7(2,8(10)11)9(12)13;1-3(2-6,4(7)8)5(9)10;1-2-3-4;;;/h3H,1,4-6H2,2H3;6H,2H2,1H3;2,4H,1,3H2;3*1H4. The summed E-state index contributed by atoms with van der Waals surface area (Å²) in [7, 11) is 0. The van der Waals surface area contributed by atoms with Crippen LogP contribution in [-0.4, -0.2) is 74.5 Å². The average Bonchev–Trinajstić information content (AvgIpc) is 2.66. The summed E-state index contributed by atoms with van der Waals surface area (Å²) in [5.74, 6) is 0. The Morgan fingerprint density at radius 2 is 1.12 bits per heavy atom. The van der Waals surface area contributed by atoms with Crippen molar-refractivity contribution in [1.29, 1.82) is 0 Å². The molecule has 0 bridgehead atoms. The molecule has 192 valence electrons. The Labute approximate surface area is 186 Å². The van der Waals surface area contributed by atoms with Gasteiger partial charge in [0.15, 0.2) is 13.2 Å². The minimum atomic E-state index is -2.46. The molecule has 0 rings (SSSR count). The second-order valence-electron chi connectivity index (χ2n) is 5.22. The molecule has 0 aromatic heterocycles. The largest absolute Gasteiger partial charge is 0.478 e. The van der Waals surface area contributed by atoms with Crippen LogP contribution in [0.1, 0.15) is 36.1 Å². The number of nitro groups is 4. The summed E-state index contributed by atoms with van der Waals surface area (Å²) in [5, 5.41) is 56.6. The molecule has 0 atom stereocenters. The van der Waals surface area contributed by atoms with E-state index < -0.39 is 44.2 Å². The van der Waals surface area contributed by atoms with Gasteiger partial charge in [0.1, 0.15) is 26.5 Å². The molecule has 16 heteroatoms. The number of hydrogen-bond acceptors (Lipinski definition) is 12. The van der Waals surface area contributed by atoms with Crippen LogP contribution in [-0.2, 0) is 9.47 Å². The molecule has 0 aliphatic rings. The lowest BCUT2D eigenvalue weighted by molar-refractivity contribution is -0.794. The maximum atomic E-state index is 10.4. The molecule has 0 unspecified atom stereocenters. The summed E-state index contributed by atoms with van der Waals surface area (Å²) in [5.41, 5.74) is -4.79. The van der Waals surface area contributed by atoms with E-state index in [1.165, 1.54) is 12.2 Å². The zero-order chi connectivity index (χ0) is 23.7. The number of aliphatic hydroxyl groups is 2. The SMILES string of the molecule is C.C.C.C=CCO.C=CCOCOCC(C)([N+](=O)[O-])[N+](=O)[O-].CC(CO)([N+](=O)[O-])[N+](=O)[O-]. The number of rotatable bonds is 12. The fourth-order valence-corrected chi connectivity index (χ4v) is 0.780. The Hall–Kier alpha value is -3.08. The van der Waals surface area contributed by atoms with Crippen LogP contribution in [0.15, 0.2) is 25.3 Å². The summed E-state index contributed by atoms with van der Waals surface area (Å²) in [6.07, 6.45) is 2.89. The molecule has 0 amide bonds. The zero-order valence-corrected chi connectivity index (χ0v) is 15.9. The van der Waals surface area contributed by atoms with E-state index in [1.54, 1.807) is 0 Å². The van der Waals surface area contributed by atoms with Crippen LogP contribution < -0.4 is 0 Å². The van der Waals surface area contributed by atoms with Crippen LogP contribution in [0.2, 0.25) is 0 Å². The van der Waals surface area contributed by atoms with E-state index in [1.807, 2.05) is 0 Å². The van der Waals surface area contributed by atoms with Gasteiger partial charge in [-0.1, -0.05) is 34.4 Å². The quantitative estimate of drug-likeness (QED) is 0.135. The van der Waals surface area contributed by atoms with Crippen LogP contribution in [0, 0.1) is 40.5 Å². The molecule has 0 radical (unpaired) electrons. The van der Waals surface area contributed by atoms with E-state index in [4.69, 9.17) is 14.9 Å². The summed E-state index contributed by atoms with van der Waals surface area (Å²) in [6.45, 7) is 6.51. The minimum Gasteiger partial charge on any atom is -0.392 e. The van der Waals surface area contributed by atoms with Crippen molar-refractivity contribution < 1.29 is 39.4 Å². The molecule has 0 aromatic rings. The lowest BCUT2D eigenvalue weighted by atomic mass is 10.2. The van der Waals surface area contributed by atoms with Crippen molar-refractivity contribution in [3.63, 3.8) is 0 Å². The Morgan fingerprint density at radius 3 is 1.31 bits per heavy atom. The van der Waals surface area contributed by atoms with Gasteiger partial charge >= 0.3 is 11.3 Å². The summed E-state index contributed by atoms with van der Waals surface area (Å²) in [6, 6.07) is 0. The van der Waals surface area contributed by atoms with Gasteiger partial charge in [0.05, 0.1) is 27.1 Å². The van der Waals surface area contributed by atoms with Crippen molar-refractivity contribution in [3.8, 4) is 0 Å².